The largest absolute Gasteiger partial charge is 0.496 e. The second-order valence-corrected chi connectivity index (χ2v) is 10.3. The summed E-state index contributed by atoms with van der Waals surface area (Å²) in [5.41, 5.74) is 9.62. The number of methoxy groups -OCH3 is 1. The third-order valence-electron chi connectivity index (χ3n) is 6.50. The Labute approximate surface area is 193 Å². The fraction of sp³-hybridized carbons (Fsp3) is 0.550. The lowest BCUT2D eigenvalue weighted by Crippen LogP contribution is -2.43. The molecule has 0 aliphatic carbocycles. The Morgan fingerprint density at radius 2 is 1.94 bits per heavy atom. The molecule has 1 saturated heterocycles. The first kappa shape index (κ1) is 23.0. The van der Waals surface area contributed by atoms with Crippen LogP contribution in [0.25, 0.3) is 0 Å². The minimum Gasteiger partial charge on any atom is -0.496 e. The van der Waals surface area contributed by atoms with Crippen molar-refractivity contribution < 1.29 is 13.2 Å². The molecule has 1 atom stereocenters. The van der Waals surface area contributed by atoms with E-state index < -0.39 is 10.2 Å². The van der Waals surface area contributed by atoms with E-state index in [1.54, 1.807) is 13.3 Å². The zero-order valence-electron chi connectivity index (χ0n) is 18.4. The van der Waals surface area contributed by atoms with Crippen LogP contribution in [0.2, 0.25) is 5.15 Å². The molecular formula is C20H28ClN7O3S. The van der Waals surface area contributed by atoms with Crippen LogP contribution in [0.15, 0.2) is 6.20 Å². The summed E-state index contributed by atoms with van der Waals surface area (Å²) < 4.78 is 30.3. The normalized spacial score (nSPS) is 19.9. The van der Waals surface area contributed by atoms with Gasteiger partial charge in [-0.1, -0.05) is 11.6 Å². The number of nitrogens with zero attached hydrogens (tertiary/aromatic N) is 5. The van der Waals surface area contributed by atoms with Gasteiger partial charge in [0.05, 0.1) is 19.3 Å². The molecule has 2 aromatic rings. The molecule has 4 heterocycles. The van der Waals surface area contributed by atoms with Crippen molar-refractivity contribution in [1.29, 1.82) is 0 Å². The summed E-state index contributed by atoms with van der Waals surface area (Å²) >= 11 is 6.54. The molecule has 12 heteroatoms. The van der Waals surface area contributed by atoms with Crippen LogP contribution >= 0.6 is 11.6 Å². The molecule has 2 aromatic heterocycles. The maximum absolute atomic E-state index is 11.7. The smallest absolute Gasteiger partial charge is 0.276 e. The Bertz CT molecular complexity index is 1140. The summed E-state index contributed by atoms with van der Waals surface area (Å²) in [5.74, 6) is 1.94. The number of piperidine rings is 1. The number of nitrogens with two attached hydrogens (primary N) is 2. The molecule has 0 radical (unpaired) electrons. The first-order valence-corrected chi connectivity index (χ1v) is 12.3. The van der Waals surface area contributed by atoms with Gasteiger partial charge in [0, 0.05) is 48.4 Å². The van der Waals surface area contributed by atoms with E-state index in [4.69, 9.17) is 27.2 Å². The van der Waals surface area contributed by atoms with E-state index >= 15 is 0 Å². The number of hydrogen-bond acceptors (Lipinski definition) is 8. The molecule has 4 rings (SSSR count). The van der Waals surface area contributed by atoms with Crippen LogP contribution in [0, 0.1) is 19.8 Å². The van der Waals surface area contributed by atoms with Gasteiger partial charge < -0.3 is 15.4 Å². The van der Waals surface area contributed by atoms with Gasteiger partial charge in [0.1, 0.15) is 16.7 Å². The lowest BCUT2D eigenvalue weighted by Gasteiger charge is -2.33. The maximum atomic E-state index is 11.7. The summed E-state index contributed by atoms with van der Waals surface area (Å²) in [4.78, 5) is 15.4. The molecule has 0 bridgehead atoms. The second kappa shape index (κ2) is 8.62. The lowest BCUT2D eigenvalue weighted by molar-refractivity contribution is 0.248. The SMILES string of the molecule is COc1c(C)cnc(CN2CC(C3CCN(S(N)(=O)=O)CC3)c3c(Cl)nc(N)nc32)c1C. The Morgan fingerprint density at radius 3 is 2.56 bits per heavy atom. The minimum atomic E-state index is -3.68. The number of aryl methyl sites for hydroxylation is 1. The average molecular weight is 482 g/mol. The third kappa shape index (κ3) is 4.21. The lowest BCUT2D eigenvalue weighted by atomic mass is 9.82. The van der Waals surface area contributed by atoms with Crippen LogP contribution in [0.5, 0.6) is 5.75 Å². The second-order valence-electron chi connectivity index (χ2n) is 8.42. The quantitative estimate of drug-likeness (QED) is 0.615. The molecule has 4 N–H and O–H groups in total. The molecular weight excluding hydrogens is 454 g/mol. The van der Waals surface area contributed by atoms with E-state index in [0.717, 1.165) is 28.1 Å². The highest BCUT2D eigenvalue weighted by Crippen LogP contribution is 2.46. The number of pyridine rings is 1. The van der Waals surface area contributed by atoms with Gasteiger partial charge in [-0.15, -0.1) is 0 Å². The van der Waals surface area contributed by atoms with Crippen molar-refractivity contribution in [2.75, 3.05) is 37.4 Å². The first-order chi connectivity index (χ1) is 15.1. The molecule has 10 nitrogen and oxygen atoms in total. The van der Waals surface area contributed by atoms with Gasteiger partial charge in [0.15, 0.2) is 0 Å². The van der Waals surface area contributed by atoms with Crippen LogP contribution in [0.4, 0.5) is 11.8 Å². The van der Waals surface area contributed by atoms with Crippen molar-refractivity contribution in [3.63, 3.8) is 0 Å². The molecule has 0 spiro atoms. The van der Waals surface area contributed by atoms with Gasteiger partial charge in [-0.3, -0.25) is 4.98 Å². The van der Waals surface area contributed by atoms with Crippen molar-refractivity contribution in [2.45, 2.75) is 39.2 Å². The summed E-state index contributed by atoms with van der Waals surface area (Å²) in [5, 5.41) is 5.65. The predicted octanol–water partition coefficient (Wildman–Crippen LogP) is 1.75. The molecule has 174 valence electrons. The molecule has 32 heavy (non-hydrogen) atoms. The third-order valence-corrected chi connectivity index (χ3v) is 7.87. The minimum absolute atomic E-state index is 0.0633. The van der Waals surface area contributed by atoms with Crippen molar-refractivity contribution in [3.8, 4) is 5.75 Å². The summed E-state index contributed by atoms with van der Waals surface area (Å²) in [6.07, 6.45) is 3.18. The predicted molar refractivity (Wildman–Crippen MR) is 123 cm³/mol. The zero-order valence-corrected chi connectivity index (χ0v) is 19.9. The topological polar surface area (TPSA) is 141 Å². The van der Waals surface area contributed by atoms with Crippen molar-refractivity contribution in [2.24, 2.45) is 11.1 Å². The van der Waals surface area contributed by atoms with Crippen molar-refractivity contribution >= 4 is 33.6 Å². The molecule has 1 fully saturated rings. The number of fused-ring (bicyclic) bond motifs is 1. The molecule has 0 saturated carbocycles. The Morgan fingerprint density at radius 1 is 1.25 bits per heavy atom. The van der Waals surface area contributed by atoms with Crippen LogP contribution in [-0.4, -0.2) is 54.4 Å². The molecule has 0 aromatic carbocycles. The van der Waals surface area contributed by atoms with E-state index in [1.807, 2.05) is 13.8 Å². The van der Waals surface area contributed by atoms with Crippen LogP contribution in [-0.2, 0) is 16.8 Å². The van der Waals surface area contributed by atoms with Gasteiger partial charge in [0.2, 0.25) is 5.95 Å². The highest BCUT2D eigenvalue weighted by atomic mass is 35.5. The zero-order chi connectivity index (χ0) is 23.2. The van der Waals surface area contributed by atoms with Gasteiger partial charge in [-0.2, -0.15) is 17.7 Å². The average Bonchev–Trinajstić information content (AvgIpc) is 3.08. The van der Waals surface area contributed by atoms with Crippen LogP contribution < -0.4 is 20.5 Å². The van der Waals surface area contributed by atoms with Crippen molar-refractivity contribution in [3.05, 3.63) is 33.7 Å². The summed E-state index contributed by atoms with van der Waals surface area (Å²) in [7, 11) is -2.02. The van der Waals surface area contributed by atoms with E-state index in [9.17, 15) is 8.42 Å². The number of nitrogen functional groups attached to an aromatic ring is 1. The van der Waals surface area contributed by atoms with Gasteiger partial charge in [0.25, 0.3) is 10.2 Å². The van der Waals surface area contributed by atoms with E-state index in [1.165, 1.54) is 4.31 Å². The fourth-order valence-electron chi connectivity index (χ4n) is 4.89. The molecule has 1 unspecified atom stereocenters. The number of ether oxygens (including phenoxy) is 1. The van der Waals surface area contributed by atoms with Gasteiger partial charge in [-0.05, 0) is 32.6 Å². The summed E-state index contributed by atoms with van der Waals surface area (Å²) in [6, 6.07) is 0. The number of anilines is 2. The molecule has 2 aliphatic rings. The monoisotopic (exact) mass is 481 g/mol. The standard InChI is InChI=1S/C20H28ClN7O3S/c1-11-8-24-15(12(2)17(11)31-3)10-27-9-14(16-18(21)25-20(22)26-19(16)27)13-4-6-28(7-5-13)32(23,29)30/h8,13-14H,4-7,9-10H2,1-3H3,(H2,22,25,26)(H2,23,29,30). The number of aromatic nitrogens is 3. The Hall–Kier alpha value is -2.21. The maximum Gasteiger partial charge on any atom is 0.276 e. The van der Waals surface area contributed by atoms with Crippen molar-refractivity contribution in [1.82, 2.24) is 19.3 Å². The van der Waals surface area contributed by atoms with Gasteiger partial charge in [-0.25, -0.2) is 10.1 Å². The van der Waals surface area contributed by atoms with E-state index in [2.05, 4.69) is 19.9 Å². The van der Waals surface area contributed by atoms with Gasteiger partial charge >= 0.3 is 0 Å². The molecule has 2 aliphatic heterocycles. The Kier molecular flexibility index (Phi) is 6.19. The first-order valence-electron chi connectivity index (χ1n) is 10.4. The van der Waals surface area contributed by atoms with E-state index in [0.29, 0.717) is 50.0 Å². The number of rotatable bonds is 5. The Balaban J connectivity index is 1.63. The van der Waals surface area contributed by atoms with Crippen LogP contribution in [0.3, 0.4) is 0 Å². The summed E-state index contributed by atoms with van der Waals surface area (Å²) in [6.45, 7) is 5.93. The van der Waals surface area contributed by atoms with E-state index in [-0.39, 0.29) is 17.8 Å². The van der Waals surface area contributed by atoms with Crippen LogP contribution in [0.1, 0.15) is 41.1 Å². The highest BCUT2D eigenvalue weighted by molar-refractivity contribution is 7.86. The highest BCUT2D eigenvalue weighted by Gasteiger charge is 2.40. The number of hydrogen-bond donors (Lipinski definition) is 2. The molecule has 0 amide bonds. The fourth-order valence-corrected chi connectivity index (χ4v) is 5.92. The number of halogens is 1.